The summed E-state index contributed by atoms with van der Waals surface area (Å²) in [7, 11) is 0. The Hall–Kier alpha value is -4.72. The standard InChI is InChI=1S/C37H32N3S.C14H16GeN.Ir/c1-22(2)29-20-27(25-11-7-6-8-12-25)21-30(23(3)4)35(29)40-33-14-10-9-13-32(33)39-36(40)26-16-18-34-31(19-26)28-17-15-24(5)38-37(28)41-34;1-15(2,3)13-9-10-14(16-11-13)12-7-5-4-6-8-12;/h6-15,17-23H,1-5H3;4-7,9-11H,1-3H3;/q2*-1;. The van der Waals surface area contributed by atoms with E-state index in [0.717, 1.165) is 44.2 Å². The zero-order valence-electron chi connectivity index (χ0n) is 34.4. The molecule has 9 rings (SSSR count). The van der Waals surface area contributed by atoms with E-state index in [-0.39, 0.29) is 20.1 Å². The van der Waals surface area contributed by atoms with Gasteiger partial charge in [-0.1, -0.05) is 81.6 Å². The molecule has 0 amide bonds. The third-order valence-electron chi connectivity index (χ3n) is 10.6. The zero-order chi connectivity index (χ0) is 39.8. The summed E-state index contributed by atoms with van der Waals surface area (Å²) in [6, 6.07) is 51.7. The van der Waals surface area contributed by atoms with E-state index in [1.165, 1.54) is 47.8 Å². The van der Waals surface area contributed by atoms with Crippen LogP contribution in [0.5, 0.6) is 0 Å². The van der Waals surface area contributed by atoms with Gasteiger partial charge >= 0.3 is 99.8 Å². The number of rotatable bonds is 7. The molecule has 1 radical (unpaired) electrons. The molecular weight excluding hydrogens is 965 g/mol. The van der Waals surface area contributed by atoms with Gasteiger partial charge in [-0.15, -0.1) is 23.8 Å². The van der Waals surface area contributed by atoms with E-state index >= 15 is 0 Å². The first-order valence-corrected chi connectivity index (χ1v) is 28.0. The van der Waals surface area contributed by atoms with Crippen molar-refractivity contribution in [2.24, 2.45) is 0 Å². The van der Waals surface area contributed by atoms with E-state index < -0.39 is 13.3 Å². The van der Waals surface area contributed by atoms with Crippen LogP contribution in [0.3, 0.4) is 0 Å². The second-order valence-electron chi connectivity index (χ2n) is 16.4. The van der Waals surface area contributed by atoms with Crippen molar-refractivity contribution >= 4 is 60.3 Å². The second kappa shape index (κ2) is 17.2. The van der Waals surface area contributed by atoms with Crippen molar-refractivity contribution in [3.63, 3.8) is 0 Å². The minimum absolute atomic E-state index is 0. The van der Waals surface area contributed by atoms with E-state index in [4.69, 9.17) is 9.97 Å². The Labute approximate surface area is 363 Å². The summed E-state index contributed by atoms with van der Waals surface area (Å²) in [5, 5.41) is 2.39. The maximum atomic E-state index is 5.25. The van der Waals surface area contributed by atoms with E-state index in [2.05, 4.69) is 170 Å². The average Bonchev–Trinajstić information content (AvgIpc) is 3.78. The normalized spacial score (nSPS) is 11.6. The molecule has 0 spiro atoms. The van der Waals surface area contributed by atoms with Crippen LogP contribution in [0, 0.1) is 19.1 Å². The monoisotopic (exact) mass is 1020 g/mol. The first kappa shape index (κ1) is 41.4. The zero-order valence-corrected chi connectivity index (χ0v) is 39.7. The molecule has 0 aliphatic carbocycles. The number of hydrogen-bond acceptors (Lipinski definition) is 4. The number of imidazole rings is 1. The Morgan fingerprint density at radius 3 is 2.03 bits per heavy atom. The van der Waals surface area contributed by atoms with Gasteiger partial charge < -0.3 is 4.57 Å². The molecule has 293 valence electrons. The van der Waals surface area contributed by atoms with Crippen molar-refractivity contribution < 1.29 is 20.1 Å². The summed E-state index contributed by atoms with van der Waals surface area (Å²) in [6.07, 6.45) is 2.04. The van der Waals surface area contributed by atoms with Gasteiger partial charge in [-0.25, -0.2) is 4.98 Å². The van der Waals surface area contributed by atoms with Gasteiger partial charge in [0, 0.05) is 31.5 Å². The van der Waals surface area contributed by atoms with Crippen LogP contribution in [0.4, 0.5) is 0 Å². The van der Waals surface area contributed by atoms with Gasteiger partial charge in [-0.2, -0.15) is 11.3 Å². The molecule has 0 saturated carbocycles. The SMILES string of the molecule is Cc1ccc2c(n1)sc1c[c-]c(-c3nc4ccccc4n3-c3c(C(C)C)cc(-c4ccccc4)cc3C(C)C)cc12.[CH3][Ge]([CH3])([CH3])[c]1ccc(-c2[c-]cccc2)nc1.[Ir]. The Kier molecular flexibility index (Phi) is 12.3. The average molecular weight is 1010 g/mol. The van der Waals surface area contributed by atoms with Gasteiger partial charge in [-0.3, -0.25) is 4.98 Å². The maximum absolute atomic E-state index is 5.25. The Balaban J connectivity index is 0.000000254. The summed E-state index contributed by atoms with van der Waals surface area (Å²) in [5.74, 6) is 8.70. The Morgan fingerprint density at radius 2 is 1.38 bits per heavy atom. The maximum Gasteiger partial charge on any atom is 0 e. The van der Waals surface area contributed by atoms with Crippen molar-refractivity contribution in [3.8, 4) is 39.5 Å². The summed E-state index contributed by atoms with van der Waals surface area (Å²) in [5.41, 5.74) is 12.6. The minimum atomic E-state index is -1.72. The fraction of sp³-hybridized carbons (Fsp3) is 0.196. The van der Waals surface area contributed by atoms with Crippen LogP contribution < -0.4 is 4.40 Å². The number of aryl methyl sites for hydroxylation is 1. The van der Waals surface area contributed by atoms with Crippen molar-refractivity contribution in [2.75, 3.05) is 0 Å². The molecule has 7 heteroatoms. The van der Waals surface area contributed by atoms with Crippen LogP contribution in [-0.4, -0.2) is 32.8 Å². The predicted molar refractivity (Wildman–Crippen MR) is 246 cm³/mol. The van der Waals surface area contributed by atoms with Gasteiger partial charge in [0.15, 0.2) is 0 Å². The largest absolute Gasteiger partial charge is 0 e. The number of para-hydroxylation sites is 2. The molecule has 4 heterocycles. The first-order chi connectivity index (χ1) is 27.5. The molecule has 0 aliphatic rings. The van der Waals surface area contributed by atoms with Gasteiger partial charge in [0.05, 0.1) is 16.9 Å². The van der Waals surface area contributed by atoms with Crippen LogP contribution in [0.2, 0.25) is 17.3 Å². The van der Waals surface area contributed by atoms with Crippen molar-refractivity contribution in [3.05, 3.63) is 163 Å². The third kappa shape index (κ3) is 8.39. The number of hydrogen-bond donors (Lipinski definition) is 0. The predicted octanol–water partition coefficient (Wildman–Crippen LogP) is 13.6. The molecule has 4 aromatic heterocycles. The molecule has 0 fully saturated rings. The molecule has 0 saturated heterocycles. The van der Waals surface area contributed by atoms with Crippen LogP contribution in [0.25, 0.3) is 70.8 Å². The molecule has 0 atom stereocenters. The van der Waals surface area contributed by atoms with Crippen molar-refractivity contribution in [2.45, 2.75) is 63.7 Å². The smallest absolute Gasteiger partial charge is 0 e. The van der Waals surface area contributed by atoms with E-state index in [9.17, 15) is 0 Å². The fourth-order valence-corrected chi connectivity index (χ4v) is 10.7. The number of nitrogens with zero attached hydrogens (tertiary/aromatic N) is 4. The van der Waals surface area contributed by atoms with Crippen LogP contribution in [0.1, 0.15) is 56.4 Å². The van der Waals surface area contributed by atoms with Gasteiger partial charge in [0.25, 0.3) is 0 Å². The first-order valence-electron chi connectivity index (χ1n) is 19.8. The molecule has 0 aliphatic heterocycles. The van der Waals surface area contributed by atoms with Crippen molar-refractivity contribution in [1.29, 1.82) is 0 Å². The van der Waals surface area contributed by atoms with E-state index in [1.54, 1.807) is 11.3 Å². The summed E-state index contributed by atoms with van der Waals surface area (Å²) < 4.78 is 5.03. The van der Waals surface area contributed by atoms with E-state index in [0.29, 0.717) is 11.8 Å². The third-order valence-corrected chi connectivity index (χ3v) is 15.9. The molecule has 0 N–H and O–H groups in total. The van der Waals surface area contributed by atoms with Crippen LogP contribution in [0.15, 0.2) is 134 Å². The van der Waals surface area contributed by atoms with Crippen LogP contribution >= 0.6 is 11.3 Å². The van der Waals surface area contributed by atoms with Gasteiger partial charge in [-0.05, 0) is 81.4 Å². The number of thiophene rings is 1. The van der Waals surface area contributed by atoms with Gasteiger partial charge in [0.1, 0.15) is 4.83 Å². The molecule has 0 bridgehead atoms. The summed E-state index contributed by atoms with van der Waals surface area (Å²) in [6.45, 7) is 11.2. The number of fused-ring (bicyclic) bond motifs is 4. The number of aromatic nitrogens is 4. The second-order valence-corrected chi connectivity index (χ2v) is 28.1. The molecule has 0 unspecified atom stereocenters. The number of benzene rings is 5. The molecule has 4 nitrogen and oxygen atoms in total. The van der Waals surface area contributed by atoms with Crippen molar-refractivity contribution in [1.82, 2.24) is 19.5 Å². The number of pyridine rings is 2. The fourth-order valence-electron chi connectivity index (χ4n) is 7.42. The summed E-state index contributed by atoms with van der Waals surface area (Å²) >= 11 is 0.0121. The minimum Gasteiger partial charge on any atom is 0 e. The Morgan fingerprint density at radius 1 is 0.672 bits per heavy atom. The van der Waals surface area contributed by atoms with Gasteiger partial charge in [0.2, 0.25) is 0 Å². The summed E-state index contributed by atoms with van der Waals surface area (Å²) in [4.78, 5) is 15.6. The van der Waals surface area contributed by atoms with Crippen LogP contribution in [-0.2, 0) is 20.1 Å². The molecular formula is C51H48GeIrN4S-2. The topological polar surface area (TPSA) is 43.6 Å². The van der Waals surface area contributed by atoms with E-state index in [1.807, 2.05) is 37.4 Å². The Bertz CT molecular complexity index is 2810. The quantitative estimate of drug-likeness (QED) is 0.118. The molecule has 5 aromatic carbocycles. The molecule has 58 heavy (non-hydrogen) atoms. The molecule has 9 aromatic rings.